The smallest absolute Gasteiger partial charge is 0.223 e. The van der Waals surface area contributed by atoms with Gasteiger partial charge in [0.2, 0.25) is 11.9 Å². The van der Waals surface area contributed by atoms with Crippen molar-refractivity contribution < 1.29 is 4.79 Å². The molecule has 0 aliphatic heterocycles. The SMILES string of the molecule is CC(=O)N[C@H]1CC[C@H](Nc2nccc(-c3ccn4nccc4n3)n2)C1. The summed E-state index contributed by atoms with van der Waals surface area (Å²) in [6.07, 6.45) is 8.14. The summed E-state index contributed by atoms with van der Waals surface area (Å²) in [5, 5.41) is 10.5. The van der Waals surface area contributed by atoms with E-state index in [9.17, 15) is 4.79 Å². The van der Waals surface area contributed by atoms with Crippen LogP contribution in [0.15, 0.2) is 36.8 Å². The Morgan fingerprint density at radius 2 is 1.96 bits per heavy atom. The molecule has 8 heteroatoms. The third-order valence-electron chi connectivity index (χ3n) is 4.35. The Labute approximate surface area is 144 Å². The molecule has 2 atom stereocenters. The van der Waals surface area contributed by atoms with Crippen molar-refractivity contribution in [3.05, 3.63) is 36.8 Å². The van der Waals surface area contributed by atoms with E-state index in [-0.39, 0.29) is 18.0 Å². The maximum Gasteiger partial charge on any atom is 0.223 e. The summed E-state index contributed by atoms with van der Waals surface area (Å²) in [7, 11) is 0. The van der Waals surface area contributed by atoms with E-state index < -0.39 is 0 Å². The van der Waals surface area contributed by atoms with Gasteiger partial charge in [0.1, 0.15) is 0 Å². The highest BCUT2D eigenvalue weighted by atomic mass is 16.1. The van der Waals surface area contributed by atoms with E-state index in [4.69, 9.17) is 0 Å². The Balaban J connectivity index is 1.49. The van der Waals surface area contributed by atoms with Gasteiger partial charge >= 0.3 is 0 Å². The van der Waals surface area contributed by atoms with Gasteiger partial charge in [-0.15, -0.1) is 0 Å². The van der Waals surface area contributed by atoms with E-state index in [0.29, 0.717) is 5.95 Å². The molecule has 1 saturated carbocycles. The van der Waals surface area contributed by atoms with Crippen LogP contribution in [0.25, 0.3) is 17.0 Å². The molecular formula is C17H19N7O. The van der Waals surface area contributed by atoms with Crippen molar-refractivity contribution in [1.82, 2.24) is 29.9 Å². The molecule has 0 spiro atoms. The Morgan fingerprint density at radius 3 is 2.84 bits per heavy atom. The van der Waals surface area contributed by atoms with Gasteiger partial charge in [0, 0.05) is 37.5 Å². The fourth-order valence-corrected chi connectivity index (χ4v) is 3.24. The fraction of sp³-hybridized carbons (Fsp3) is 0.353. The minimum atomic E-state index is 0.0187. The first-order valence-electron chi connectivity index (χ1n) is 8.35. The summed E-state index contributed by atoms with van der Waals surface area (Å²) in [6.45, 7) is 1.55. The van der Waals surface area contributed by atoms with Crippen molar-refractivity contribution in [2.45, 2.75) is 38.3 Å². The number of fused-ring (bicyclic) bond motifs is 1. The van der Waals surface area contributed by atoms with Crippen LogP contribution in [0.5, 0.6) is 0 Å². The average Bonchev–Trinajstić information content (AvgIpc) is 3.23. The zero-order valence-corrected chi connectivity index (χ0v) is 13.9. The van der Waals surface area contributed by atoms with E-state index >= 15 is 0 Å². The number of carbonyl (C=O) groups excluding carboxylic acids is 1. The molecule has 25 heavy (non-hydrogen) atoms. The number of hydrogen-bond acceptors (Lipinski definition) is 6. The summed E-state index contributed by atoms with van der Waals surface area (Å²) in [4.78, 5) is 24.6. The van der Waals surface area contributed by atoms with Gasteiger partial charge < -0.3 is 10.6 Å². The van der Waals surface area contributed by atoms with Crippen molar-refractivity contribution >= 4 is 17.5 Å². The molecule has 128 valence electrons. The number of nitrogens with zero attached hydrogens (tertiary/aromatic N) is 5. The van der Waals surface area contributed by atoms with Crippen LogP contribution in [0.4, 0.5) is 5.95 Å². The van der Waals surface area contributed by atoms with Crippen molar-refractivity contribution in [2.75, 3.05) is 5.32 Å². The molecule has 2 N–H and O–H groups in total. The van der Waals surface area contributed by atoms with E-state index in [1.165, 1.54) is 0 Å². The number of amides is 1. The molecule has 0 unspecified atom stereocenters. The maximum atomic E-state index is 11.2. The zero-order chi connectivity index (χ0) is 17.2. The molecular weight excluding hydrogens is 318 g/mol. The first-order valence-corrected chi connectivity index (χ1v) is 8.35. The fourth-order valence-electron chi connectivity index (χ4n) is 3.24. The first-order chi connectivity index (χ1) is 12.2. The molecule has 0 radical (unpaired) electrons. The summed E-state index contributed by atoms with van der Waals surface area (Å²) >= 11 is 0. The number of aromatic nitrogens is 5. The van der Waals surface area contributed by atoms with E-state index in [1.807, 2.05) is 24.4 Å². The van der Waals surface area contributed by atoms with Gasteiger partial charge in [-0.05, 0) is 31.4 Å². The average molecular weight is 337 g/mol. The Hall–Kier alpha value is -3.03. The van der Waals surface area contributed by atoms with Crippen molar-refractivity contribution in [1.29, 1.82) is 0 Å². The van der Waals surface area contributed by atoms with Gasteiger partial charge in [0.15, 0.2) is 5.65 Å². The molecule has 4 rings (SSSR count). The van der Waals surface area contributed by atoms with Crippen LogP contribution < -0.4 is 10.6 Å². The monoisotopic (exact) mass is 337 g/mol. The van der Waals surface area contributed by atoms with Gasteiger partial charge in [0.25, 0.3) is 0 Å². The quantitative estimate of drug-likeness (QED) is 0.751. The third-order valence-corrected chi connectivity index (χ3v) is 4.35. The summed E-state index contributed by atoms with van der Waals surface area (Å²) in [5.41, 5.74) is 2.32. The number of anilines is 1. The Bertz CT molecular complexity index is 907. The molecule has 8 nitrogen and oxygen atoms in total. The van der Waals surface area contributed by atoms with Crippen molar-refractivity contribution in [2.24, 2.45) is 0 Å². The molecule has 1 amide bonds. The lowest BCUT2D eigenvalue weighted by Gasteiger charge is -2.14. The topological polar surface area (TPSA) is 97.1 Å². The van der Waals surface area contributed by atoms with Gasteiger partial charge in [0.05, 0.1) is 17.6 Å². The number of rotatable bonds is 4. The number of hydrogen-bond donors (Lipinski definition) is 2. The molecule has 1 fully saturated rings. The lowest BCUT2D eigenvalue weighted by atomic mass is 10.2. The van der Waals surface area contributed by atoms with E-state index in [2.05, 4.69) is 30.7 Å². The highest BCUT2D eigenvalue weighted by molar-refractivity contribution is 5.73. The summed E-state index contributed by atoms with van der Waals surface area (Å²) in [5.74, 6) is 0.603. The summed E-state index contributed by atoms with van der Waals surface area (Å²) < 4.78 is 1.71. The highest BCUT2D eigenvalue weighted by Gasteiger charge is 2.25. The molecule has 3 heterocycles. The molecule has 1 aliphatic rings. The number of carbonyl (C=O) groups is 1. The molecule has 0 bridgehead atoms. The van der Waals surface area contributed by atoms with Crippen LogP contribution in [0.2, 0.25) is 0 Å². The third kappa shape index (κ3) is 3.42. The van der Waals surface area contributed by atoms with Crippen LogP contribution in [-0.2, 0) is 4.79 Å². The second kappa shape index (κ2) is 6.46. The normalized spacial score (nSPS) is 19.9. The lowest BCUT2D eigenvalue weighted by molar-refractivity contribution is -0.119. The minimum Gasteiger partial charge on any atom is -0.354 e. The molecule has 3 aromatic rings. The predicted molar refractivity (Wildman–Crippen MR) is 92.9 cm³/mol. The number of nitrogens with one attached hydrogen (secondary N) is 2. The predicted octanol–water partition coefficient (Wildman–Crippen LogP) is 1.66. The van der Waals surface area contributed by atoms with Gasteiger partial charge in [-0.2, -0.15) is 5.10 Å². The zero-order valence-electron chi connectivity index (χ0n) is 13.9. The van der Waals surface area contributed by atoms with Gasteiger partial charge in [-0.1, -0.05) is 0 Å². The minimum absolute atomic E-state index is 0.0187. The standard InChI is InChI=1S/C17H19N7O/c1-11(25)20-12-2-3-13(10-12)21-17-18-7-4-14(23-17)15-6-9-24-16(22-15)5-8-19-24/h4-9,12-13H,2-3,10H2,1H3,(H,20,25)(H,18,21,23)/t12-,13-/m0/s1. The second-order valence-electron chi connectivity index (χ2n) is 6.26. The highest BCUT2D eigenvalue weighted by Crippen LogP contribution is 2.23. The van der Waals surface area contributed by atoms with E-state index in [0.717, 1.165) is 36.3 Å². The van der Waals surface area contributed by atoms with Crippen LogP contribution >= 0.6 is 0 Å². The van der Waals surface area contributed by atoms with Crippen LogP contribution in [0, 0.1) is 0 Å². The maximum absolute atomic E-state index is 11.2. The largest absolute Gasteiger partial charge is 0.354 e. The lowest BCUT2D eigenvalue weighted by Crippen LogP contribution is -2.32. The Morgan fingerprint density at radius 1 is 1.12 bits per heavy atom. The first kappa shape index (κ1) is 15.5. The van der Waals surface area contributed by atoms with Gasteiger partial charge in [-0.25, -0.2) is 19.5 Å². The van der Waals surface area contributed by atoms with Crippen molar-refractivity contribution in [3.8, 4) is 11.4 Å². The van der Waals surface area contributed by atoms with Gasteiger partial charge in [-0.3, -0.25) is 4.79 Å². The molecule has 0 saturated heterocycles. The second-order valence-corrected chi connectivity index (χ2v) is 6.26. The van der Waals surface area contributed by atoms with Crippen LogP contribution in [0.3, 0.4) is 0 Å². The van der Waals surface area contributed by atoms with Crippen LogP contribution in [0.1, 0.15) is 26.2 Å². The van der Waals surface area contributed by atoms with E-state index in [1.54, 1.807) is 23.8 Å². The van der Waals surface area contributed by atoms with Crippen LogP contribution in [-0.4, -0.2) is 42.6 Å². The molecule has 1 aliphatic carbocycles. The molecule has 3 aromatic heterocycles. The Kier molecular flexibility index (Phi) is 4.01. The summed E-state index contributed by atoms with van der Waals surface area (Å²) in [6, 6.07) is 6.07. The molecule has 0 aromatic carbocycles. The van der Waals surface area contributed by atoms with Crippen molar-refractivity contribution in [3.63, 3.8) is 0 Å².